The predicted molar refractivity (Wildman–Crippen MR) is 71.7 cm³/mol. The predicted octanol–water partition coefficient (Wildman–Crippen LogP) is 4.07. The molecule has 3 N–H and O–H groups in total. The Morgan fingerprint density at radius 1 is 1.42 bits per heavy atom. The largest absolute Gasteiger partial charge is 0.397 e. The van der Waals surface area contributed by atoms with E-state index in [1.807, 2.05) is 0 Å². The van der Waals surface area contributed by atoms with E-state index in [9.17, 15) is 18.0 Å². The second kappa shape index (κ2) is 6.79. The summed E-state index contributed by atoms with van der Waals surface area (Å²) in [5, 5.41) is 3.71. The van der Waals surface area contributed by atoms with Crippen LogP contribution in [0.2, 0.25) is 0 Å². The number of carbonyl (C=O) groups excluding carboxylic acids is 1. The zero-order valence-electron chi connectivity index (χ0n) is 10.6. The molecule has 0 aliphatic carbocycles. The molecule has 1 heterocycles. The van der Waals surface area contributed by atoms with Gasteiger partial charge in [-0.2, -0.15) is 13.2 Å². The van der Waals surface area contributed by atoms with Gasteiger partial charge in [0.1, 0.15) is 0 Å². The number of carbonyl (C=O) groups is 1. The van der Waals surface area contributed by atoms with Crippen molar-refractivity contribution in [2.24, 2.45) is 0 Å². The molecule has 1 aromatic heterocycles. The van der Waals surface area contributed by atoms with Crippen LogP contribution >= 0.6 is 11.3 Å². The van der Waals surface area contributed by atoms with Gasteiger partial charge in [0.05, 0.1) is 15.6 Å². The van der Waals surface area contributed by atoms with Crippen LogP contribution in [0.4, 0.5) is 23.9 Å². The number of hydrogen-bond donors (Lipinski definition) is 2. The van der Waals surface area contributed by atoms with Crippen molar-refractivity contribution >= 4 is 27.8 Å². The number of Topliss-reactive ketones (excluding diaryl/α,β-unsaturated/α-hetero) is 1. The highest BCUT2D eigenvalue weighted by atomic mass is 32.1. The Kier molecular flexibility index (Phi) is 5.65. The van der Waals surface area contributed by atoms with Crippen molar-refractivity contribution in [3.8, 4) is 0 Å². The van der Waals surface area contributed by atoms with Crippen LogP contribution in [-0.4, -0.2) is 18.5 Å². The summed E-state index contributed by atoms with van der Waals surface area (Å²) in [5.41, 5.74) is 6.13. The Balaban J connectivity index is 2.36. The van der Waals surface area contributed by atoms with Crippen LogP contribution < -0.4 is 11.1 Å². The molecule has 0 unspecified atom stereocenters. The van der Waals surface area contributed by atoms with Gasteiger partial charge in [0.15, 0.2) is 5.78 Å². The summed E-state index contributed by atoms with van der Waals surface area (Å²) in [6, 6.07) is 1.65. The topological polar surface area (TPSA) is 55.1 Å². The lowest BCUT2D eigenvalue weighted by atomic mass is 10.2. The number of nitrogens with two attached hydrogens (primary N) is 1. The second-order valence-electron chi connectivity index (χ2n) is 4.17. The quantitative estimate of drug-likeness (QED) is 0.589. The molecule has 7 heteroatoms. The maximum atomic E-state index is 11.9. The van der Waals surface area contributed by atoms with Crippen molar-refractivity contribution in [2.45, 2.75) is 38.8 Å². The van der Waals surface area contributed by atoms with E-state index >= 15 is 0 Å². The number of thiophene rings is 1. The molecule has 0 saturated carbocycles. The fraction of sp³-hybridized carbons (Fsp3) is 0.583. The van der Waals surface area contributed by atoms with Gasteiger partial charge >= 0.3 is 6.18 Å². The van der Waals surface area contributed by atoms with E-state index in [4.69, 9.17) is 5.73 Å². The first-order valence-electron chi connectivity index (χ1n) is 6.06. The molecule has 0 aliphatic heterocycles. The molecule has 0 aliphatic rings. The van der Waals surface area contributed by atoms with Crippen molar-refractivity contribution in [1.82, 2.24) is 0 Å². The highest BCUT2D eigenvalue weighted by Crippen LogP contribution is 2.30. The molecule has 0 saturated heterocycles. The fourth-order valence-corrected chi connectivity index (χ4v) is 2.55. The van der Waals surface area contributed by atoms with E-state index in [1.165, 1.54) is 11.3 Å². The third-order valence-electron chi connectivity index (χ3n) is 2.52. The van der Waals surface area contributed by atoms with Gasteiger partial charge in [-0.1, -0.05) is 6.92 Å². The number of rotatable bonds is 7. The summed E-state index contributed by atoms with van der Waals surface area (Å²) in [6.07, 6.45) is -3.95. The Bertz CT molecular complexity index is 429. The van der Waals surface area contributed by atoms with Crippen LogP contribution in [0.1, 0.15) is 42.3 Å². The fourth-order valence-electron chi connectivity index (χ4n) is 1.53. The minimum atomic E-state index is -4.09. The lowest BCUT2D eigenvalue weighted by Crippen LogP contribution is -2.08. The summed E-state index contributed by atoms with van der Waals surface area (Å²) in [5.74, 6) is -0.0207. The van der Waals surface area contributed by atoms with Crippen molar-refractivity contribution in [2.75, 3.05) is 17.6 Å². The van der Waals surface area contributed by atoms with E-state index in [0.29, 0.717) is 30.0 Å². The average molecular weight is 294 g/mol. The zero-order chi connectivity index (χ0) is 14.5. The van der Waals surface area contributed by atoms with Gasteiger partial charge in [-0.15, -0.1) is 11.3 Å². The smallest absolute Gasteiger partial charge is 0.389 e. The summed E-state index contributed by atoms with van der Waals surface area (Å²) >= 11 is 1.25. The Labute approximate surface area is 114 Å². The SMILES string of the molecule is CCC(=O)c1sc(NCCCCC(F)(F)F)cc1N. The third kappa shape index (κ3) is 5.50. The molecule has 1 rings (SSSR count). The molecule has 0 amide bonds. The molecule has 0 atom stereocenters. The van der Waals surface area contributed by atoms with Crippen molar-refractivity contribution in [1.29, 1.82) is 0 Å². The average Bonchev–Trinajstić information content (AvgIpc) is 2.67. The Hall–Kier alpha value is -1.24. The number of unbranched alkanes of at least 4 members (excludes halogenated alkanes) is 1. The van der Waals surface area contributed by atoms with Gasteiger partial charge in [0.2, 0.25) is 0 Å². The number of nitrogens with one attached hydrogen (secondary N) is 1. The van der Waals surface area contributed by atoms with E-state index in [2.05, 4.69) is 5.32 Å². The molecule has 3 nitrogen and oxygen atoms in total. The van der Waals surface area contributed by atoms with Crippen LogP contribution in [0, 0.1) is 0 Å². The first-order valence-corrected chi connectivity index (χ1v) is 6.88. The highest BCUT2D eigenvalue weighted by molar-refractivity contribution is 7.18. The summed E-state index contributed by atoms with van der Waals surface area (Å²) in [7, 11) is 0. The van der Waals surface area contributed by atoms with E-state index < -0.39 is 12.6 Å². The number of anilines is 2. The molecule has 0 aromatic carbocycles. The highest BCUT2D eigenvalue weighted by Gasteiger charge is 2.25. The molecule has 0 bridgehead atoms. The minimum Gasteiger partial charge on any atom is -0.397 e. The summed E-state index contributed by atoms with van der Waals surface area (Å²) in [6.45, 7) is 2.20. The molecule has 0 radical (unpaired) electrons. The van der Waals surface area contributed by atoms with E-state index in [-0.39, 0.29) is 12.2 Å². The second-order valence-corrected chi connectivity index (χ2v) is 5.22. The van der Waals surface area contributed by atoms with Gasteiger partial charge in [-0.05, 0) is 18.9 Å². The van der Waals surface area contributed by atoms with Crippen LogP contribution in [0.3, 0.4) is 0 Å². The zero-order valence-corrected chi connectivity index (χ0v) is 11.5. The summed E-state index contributed by atoms with van der Waals surface area (Å²) < 4.78 is 35.8. The van der Waals surface area contributed by atoms with Crippen molar-refractivity contribution < 1.29 is 18.0 Å². The molecule has 0 spiro atoms. The standard InChI is InChI=1S/C12H17F3N2OS/c1-2-9(18)11-8(16)7-10(19-11)17-6-4-3-5-12(13,14)15/h7,17H,2-6,16H2,1H3. The number of alkyl halides is 3. The summed E-state index contributed by atoms with van der Waals surface area (Å²) in [4.78, 5) is 12.0. The third-order valence-corrected chi connectivity index (χ3v) is 3.67. The van der Waals surface area contributed by atoms with Crippen LogP contribution in [0.25, 0.3) is 0 Å². The minimum absolute atomic E-state index is 0.0207. The molecular formula is C12H17F3N2OS. The van der Waals surface area contributed by atoms with Gasteiger partial charge in [0.25, 0.3) is 0 Å². The molecule has 19 heavy (non-hydrogen) atoms. The van der Waals surface area contributed by atoms with Gasteiger partial charge in [-0.3, -0.25) is 4.79 Å². The molecule has 108 valence electrons. The van der Waals surface area contributed by atoms with Gasteiger partial charge in [-0.25, -0.2) is 0 Å². The van der Waals surface area contributed by atoms with E-state index in [1.54, 1.807) is 13.0 Å². The Morgan fingerprint density at radius 3 is 2.68 bits per heavy atom. The number of halogens is 3. The number of ketones is 1. The van der Waals surface area contributed by atoms with Gasteiger partial charge < -0.3 is 11.1 Å². The van der Waals surface area contributed by atoms with Gasteiger partial charge in [0, 0.05) is 19.4 Å². The maximum Gasteiger partial charge on any atom is 0.389 e. The van der Waals surface area contributed by atoms with Crippen molar-refractivity contribution in [3.63, 3.8) is 0 Å². The maximum absolute atomic E-state index is 11.9. The van der Waals surface area contributed by atoms with Crippen LogP contribution in [-0.2, 0) is 0 Å². The van der Waals surface area contributed by atoms with Crippen LogP contribution in [0.15, 0.2) is 6.07 Å². The van der Waals surface area contributed by atoms with E-state index in [0.717, 1.165) is 5.00 Å². The first kappa shape index (κ1) is 15.8. The Morgan fingerprint density at radius 2 is 2.11 bits per heavy atom. The monoisotopic (exact) mass is 294 g/mol. The van der Waals surface area contributed by atoms with Crippen LogP contribution in [0.5, 0.6) is 0 Å². The molecular weight excluding hydrogens is 277 g/mol. The number of hydrogen-bond acceptors (Lipinski definition) is 4. The lowest BCUT2D eigenvalue weighted by Gasteiger charge is -2.06. The normalized spacial score (nSPS) is 11.6. The van der Waals surface area contributed by atoms with Crippen molar-refractivity contribution in [3.05, 3.63) is 10.9 Å². The molecule has 1 aromatic rings. The first-order chi connectivity index (χ1) is 8.83. The molecule has 0 fully saturated rings. The lowest BCUT2D eigenvalue weighted by molar-refractivity contribution is -0.135. The number of nitrogen functional groups attached to an aromatic ring is 1.